The Balaban J connectivity index is 4.34. The van der Waals surface area contributed by atoms with Gasteiger partial charge in [0, 0.05) is 6.42 Å². The van der Waals surface area contributed by atoms with Crippen molar-refractivity contribution in [2.45, 2.75) is 128 Å². The second-order valence-corrected chi connectivity index (χ2v) is 9.95. The number of aliphatic hydroxyl groups is 1. The van der Waals surface area contributed by atoms with Gasteiger partial charge in [-0.1, -0.05) is 64.7 Å². The second kappa shape index (κ2) is 25.4. The Morgan fingerprint density at radius 3 is 1.94 bits per heavy atom. The van der Waals surface area contributed by atoms with Crippen molar-refractivity contribution in [3.8, 4) is 0 Å². The number of unbranched alkanes of at least 4 members (excludes halogenated alkanes) is 10. The molecule has 0 aromatic rings. The molecule has 8 heteroatoms. The molecule has 0 aliphatic carbocycles. The van der Waals surface area contributed by atoms with Gasteiger partial charge in [-0.3, -0.25) is 14.5 Å². The summed E-state index contributed by atoms with van der Waals surface area (Å²) in [7, 11) is 1.43. The van der Waals surface area contributed by atoms with Crippen molar-refractivity contribution >= 4 is 11.9 Å². The number of hydrogen-bond acceptors (Lipinski definition) is 8. The van der Waals surface area contributed by atoms with E-state index >= 15 is 0 Å². The van der Waals surface area contributed by atoms with Crippen molar-refractivity contribution < 1.29 is 24.2 Å². The van der Waals surface area contributed by atoms with Crippen LogP contribution in [-0.4, -0.2) is 74.0 Å². The van der Waals surface area contributed by atoms with Crippen LogP contribution in [-0.2, 0) is 19.1 Å². The first-order valence-electron chi connectivity index (χ1n) is 14.5. The van der Waals surface area contributed by atoms with E-state index in [1.165, 1.54) is 20.0 Å². The first kappa shape index (κ1) is 34.8. The Morgan fingerprint density at radius 2 is 1.33 bits per heavy atom. The molecule has 0 radical (unpaired) electrons. The lowest BCUT2D eigenvalue weighted by molar-refractivity contribution is -0.157. The lowest BCUT2D eigenvalue weighted by atomic mass is 10.00. The van der Waals surface area contributed by atoms with Gasteiger partial charge in [0.1, 0.15) is 6.10 Å². The van der Waals surface area contributed by atoms with Crippen molar-refractivity contribution in [2.75, 3.05) is 39.8 Å². The van der Waals surface area contributed by atoms with Gasteiger partial charge >= 0.3 is 11.9 Å². The highest BCUT2D eigenvalue weighted by Crippen LogP contribution is 2.18. The highest BCUT2D eigenvalue weighted by Gasteiger charge is 2.24. The summed E-state index contributed by atoms with van der Waals surface area (Å²) in [6.45, 7) is 5.20. The number of nitrogens with zero attached hydrogens (tertiary/aromatic N) is 1. The van der Waals surface area contributed by atoms with Gasteiger partial charge < -0.3 is 26.0 Å². The summed E-state index contributed by atoms with van der Waals surface area (Å²) in [5, 5.41) is 10.8. The Hall–Kier alpha value is -1.22. The molecule has 8 nitrogen and oxygen atoms in total. The van der Waals surface area contributed by atoms with E-state index in [-0.39, 0.29) is 18.5 Å². The van der Waals surface area contributed by atoms with Crippen molar-refractivity contribution in [1.82, 2.24) is 4.90 Å². The fraction of sp³-hybridized carbons (Fsp3) is 0.929. The molecule has 0 aromatic heterocycles. The minimum absolute atomic E-state index is 0.126. The van der Waals surface area contributed by atoms with Crippen LogP contribution in [0, 0.1) is 0 Å². The smallest absolute Gasteiger partial charge is 0.320 e. The van der Waals surface area contributed by atoms with Crippen LogP contribution >= 0.6 is 0 Å². The quantitative estimate of drug-likeness (QED) is 0.115. The van der Waals surface area contributed by atoms with Crippen LogP contribution in [0.4, 0.5) is 0 Å². The summed E-state index contributed by atoms with van der Waals surface area (Å²) in [5.41, 5.74) is 11.3. The zero-order valence-electron chi connectivity index (χ0n) is 23.4. The number of rotatable bonds is 26. The van der Waals surface area contributed by atoms with Crippen LogP contribution in [0.2, 0.25) is 0 Å². The number of aliphatic hydroxyl groups excluding tert-OH is 1. The zero-order chi connectivity index (χ0) is 26.9. The SMILES string of the molecule is CCCCCC(OC(=O)CN(CCCN)CCCCN)C(O)CCCCCCCCCCC(=O)OC. The van der Waals surface area contributed by atoms with Crippen molar-refractivity contribution in [3.05, 3.63) is 0 Å². The maximum atomic E-state index is 12.7. The number of esters is 2. The van der Waals surface area contributed by atoms with Crippen LogP contribution in [0.5, 0.6) is 0 Å². The molecule has 0 bridgehead atoms. The Morgan fingerprint density at radius 1 is 0.750 bits per heavy atom. The van der Waals surface area contributed by atoms with E-state index in [4.69, 9.17) is 16.2 Å². The Bertz CT molecular complexity index is 521. The highest BCUT2D eigenvalue weighted by molar-refractivity contribution is 5.72. The van der Waals surface area contributed by atoms with Crippen LogP contribution in [0.25, 0.3) is 0 Å². The van der Waals surface area contributed by atoms with Gasteiger partial charge in [0.25, 0.3) is 0 Å². The minimum atomic E-state index is -0.612. The lowest BCUT2D eigenvalue weighted by Gasteiger charge is -2.26. The van der Waals surface area contributed by atoms with Crippen LogP contribution in [0.3, 0.4) is 0 Å². The van der Waals surface area contributed by atoms with Gasteiger partial charge in [-0.2, -0.15) is 0 Å². The average Bonchev–Trinajstić information content (AvgIpc) is 2.87. The second-order valence-electron chi connectivity index (χ2n) is 9.95. The molecule has 214 valence electrons. The molecule has 2 unspecified atom stereocenters. The van der Waals surface area contributed by atoms with Gasteiger partial charge in [0.05, 0.1) is 19.8 Å². The van der Waals surface area contributed by atoms with E-state index in [0.29, 0.717) is 32.4 Å². The van der Waals surface area contributed by atoms with Crippen molar-refractivity contribution in [2.24, 2.45) is 11.5 Å². The predicted molar refractivity (Wildman–Crippen MR) is 147 cm³/mol. The summed E-state index contributed by atoms with van der Waals surface area (Å²) in [4.78, 5) is 25.9. The van der Waals surface area contributed by atoms with Gasteiger partial charge in [-0.25, -0.2) is 0 Å². The van der Waals surface area contributed by atoms with E-state index in [1.807, 2.05) is 0 Å². The third-order valence-corrected chi connectivity index (χ3v) is 6.62. The monoisotopic (exact) mass is 515 g/mol. The van der Waals surface area contributed by atoms with Crippen molar-refractivity contribution in [3.63, 3.8) is 0 Å². The predicted octanol–water partition coefficient (Wildman–Crippen LogP) is 4.30. The molecular weight excluding hydrogens is 458 g/mol. The lowest BCUT2D eigenvalue weighted by Crippen LogP contribution is -2.38. The molecule has 0 spiro atoms. The number of methoxy groups -OCH3 is 1. The molecule has 36 heavy (non-hydrogen) atoms. The third kappa shape index (κ3) is 20.9. The zero-order valence-corrected chi connectivity index (χ0v) is 23.4. The van der Waals surface area contributed by atoms with Gasteiger partial charge in [-0.15, -0.1) is 0 Å². The molecule has 0 heterocycles. The molecular formula is C28H57N3O5. The van der Waals surface area contributed by atoms with Gasteiger partial charge in [0.2, 0.25) is 0 Å². The largest absolute Gasteiger partial charge is 0.469 e. The van der Waals surface area contributed by atoms with E-state index in [9.17, 15) is 14.7 Å². The maximum absolute atomic E-state index is 12.7. The number of ether oxygens (including phenoxy) is 2. The number of carbonyl (C=O) groups is 2. The van der Waals surface area contributed by atoms with Gasteiger partial charge in [-0.05, 0) is 71.1 Å². The molecule has 0 aliphatic rings. The van der Waals surface area contributed by atoms with E-state index in [0.717, 1.165) is 90.1 Å². The van der Waals surface area contributed by atoms with Crippen molar-refractivity contribution in [1.29, 1.82) is 0 Å². The van der Waals surface area contributed by atoms with E-state index < -0.39 is 12.2 Å². The molecule has 5 N–H and O–H groups in total. The first-order chi connectivity index (χ1) is 17.5. The molecule has 0 amide bonds. The fourth-order valence-corrected chi connectivity index (χ4v) is 4.35. The molecule has 0 saturated carbocycles. The number of nitrogens with two attached hydrogens (primary N) is 2. The average molecular weight is 516 g/mol. The number of hydrogen-bond donors (Lipinski definition) is 3. The first-order valence-corrected chi connectivity index (χ1v) is 14.5. The maximum Gasteiger partial charge on any atom is 0.320 e. The van der Waals surface area contributed by atoms with E-state index in [2.05, 4.69) is 16.6 Å². The van der Waals surface area contributed by atoms with Crippen LogP contribution in [0.1, 0.15) is 116 Å². The van der Waals surface area contributed by atoms with Gasteiger partial charge in [0.15, 0.2) is 0 Å². The minimum Gasteiger partial charge on any atom is -0.469 e. The third-order valence-electron chi connectivity index (χ3n) is 6.62. The molecule has 0 aliphatic heterocycles. The summed E-state index contributed by atoms with van der Waals surface area (Å²) in [5.74, 6) is -0.383. The molecule has 0 rings (SSSR count). The summed E-state index contributed by atoms with van der Waals surface area (Å²) in [6.07, 6.45) is 15.3. The Labute approximate surface area is 220 Å². The number of carbonyl (C=O) groups excluding carboxylic acids is 2. The standard InChI is InChI=1S/C28H57N3O5/c1-3-4-11-18-26(36-28(34)24-31(23-16-21-30)22-15-14-20-29)25(32)17-12-9-7-5-6-8-10-13-19-27(33)35-2/h25-26,32H,3-24,29-30H2,1-2H3. The molecule has 2 atom stereocenters. The topological polar surface area (TPSA) is 128 Å². The normalized spacial score (nSPS) is 13.1. The summed E-state index contributed by atoms with van der Waals surface area (Å²) < 4.78 is 10.5. The van der Waals surface area contributed by atoms with Crippen LogP contribution in [0.15, 0.2) is 0 Å². The fourth-order valence-electron chi connectivity index (χ4n) is 4.35. The Kier molecular flexibility index (Phi) is 24.6. The molecule has 0 aromatic carbocycles. The van der Waals surface area contributed by atoms with E-state index in [1.54, 1.807) is 0 Å². The summed E-state index contributed by atoms with van der Waals surface area (Å²) >= 11 is 0. The highest BCUT2D eigenvalue weighted by atomic mass is 16.6. The molecule has 0 fully saturated rings. The molecule has 0 saturated heterocycles. The van der Waals surface area contributed by atoms with Crippen LogP contribution < -0.4 is 11.5 Å². The summed E-state index contributed by atoms with van der Waals surface area (Å²) in [6, 6.07) is 0.